The van der Waals surface area contributed by atoms with Crippen LogP contribution >= 0.6 is 0 Å². The van der Waals surface area contributed by atoms with E-state index in [2.05, 4.69) is 107 Å². The van der Waals surface area contributed by atoms with Crippen molar-refractivity contribution in [3.05, 3.63) is 48.1 Å². The van der Waals surface area contributed by atoms with Crippen molar-refractivity contribution in [3.8, 4) is 0 Å². The van der Waals surface area contributed by atoms with Crippen LogP contribution in [0.5, 0.6) is 0 Å². The molecule has 7 nitrogen and oxygen atoms in total. The molecule has 310 valence electrons. The van der Waals surface area contributed by atoms with Crippen molar-refractivity contribution in [3.63, 3.8) is 0 Å². The van der Waals surface area contributed by atoms with Gasteiger partial charge in [0.15, 0.2) is 0 Å². The normalized spacial score (nSPS) is 17.0. The summed E-state index contributed by atoms with van der Waals surface area (Å²) in [7, 11) is 7.59. The van der Waals surface area contributed by atoms with Crippen molar-refractivity contribution in [1.29, 1.82) is 0 Å². The minimum atomic E-state index is -0.598. The standard InChI is InChI=1S/C30H56N4O2.C8H16.C3H9N.2C2H6/c1-9-13-14-15-17-28(30(31,12-4)26(7)36-29(35)32-8)24(5)18-20-33(19-11-3)21-27-22-34(23-27)25(6)16-10-2;1-4-6-8(3)7-5-2;1-4(2)3;2*1-2/h9-10,13-16,24-28H,11-12,17-23,31H2,1-8H3,(H,32,35);6H,4-5,7H2,1-3H3;1-3H3;2*1-2H3/b13-9-,15-14-,16-10-;8-6+;;;/t24?,25?,26?,28?,30-;;;;/m1..../s1. The summed E-state index contributed by atoms with van der Waals surface area (Å²) in [5, 5.41) is 2.57. The second kappa shape index (κ2) is 37.4. The van der Waals surface area contributed by atoms with Gasteiger partial charge in [-0.1, -0.05) is 117 Å². The average Bonchev–Trinajstić information content (AvgIpc) is 3.10. The molecule has 0 aromatic carbocycles. The summed E-state index contributed by atoms with van der Waals surface area (Å²) in [4.78, 5) is 19.2. The average molecular weight is 736 g/mol. The number of hydrogen-bond acceptors (Lipinski definition) is 6. The van der Waals surface area contributed by atoms with Crippen molar-refractivity contribution in [2.45, 2.75) is 160 Å². The first kappa shape index (κ1) is 56.8. The van der Waals surface area contributed by atoms with Crippen LogP contribution in [0.15, 0.2) is 48.1 Å². The van der Waals surface area contributed by atoms with Gasteiger partial charge in [0.05, 0.1) is 5.54 Å². The summed E-state index contributed by atoms with van der Waals surface area (Å²) in [6.07, 6.45) is 21.9. The number of nitrogens with one attached hydrogen (secondary N) is 1. The molecule has 0 spiro atoms. The second-order valence-electron chi connectivity index (χ2n) is 14.3. The number of carbonyl (C=O) groups is 1. The van der Waals surface area contributed by atoms with Gasteiger partial charge in [0.25, 0.3) is 0 Å². The van der Waals surface area contributed by atoms with Gasteiger partial charge in [0.1, 0.15) is 6.10 Å². The molecule has 52 heavy (non-hydrogen) atoms. The van der Waals surface area contributed by atoms with Crippen LogP contribution in [0.2, 0.25) is 0 Å². The molecule has 0 aromatic rings. The SMILES string of the molecule is C/C=C\C=C/CC(C(C)CCN(CCC)CC1CN(C(C)/C=C\C)C1)[C@@](N)(CC)C(C)OC(=O)NC.CC.CC.CC/C=C(\C)CCC.CN(C)C. The molecule has 7 heteroatoms. The van der Waals surface area contributed by atoms with Crippen molar-refractivity contribution < 1.29 is 9.53 Å². The quantitative estimate of drug-likeness (QED) is 0.0958. The number of likely N-dealkylation sites (tertiary alicyclic amines) is 1. The Bertz CT molecular complexity index is 907. The van der Waals surface area contributed by atoms with Crippen LogP contribution in [0.4, 0.5) is 4.79 Å². The molecule has 1 aliphatic heterocycles. The first-order valence-electron chi connectivity index (χ1n) is 21.0. The van der Waals surface area contributed by atoms with Crippen LogP contribution in [-0.2, 0) is 4.74 Å². The Labute approximate surface area is 327 Å². The number of carbonyl (C=O) groups excluding carboxylic acids is 1. The van der Waals surface area contributed by atoms with Crippen LogP contribution in [-0.4, -0.2) is 99.4 Å². The van der Waals surface area contributed by atoms with E-state index in [0.717, 1.165) is 38.3 Å². The zero-order valence-electron chi connectivity index (χ0n) is 38.1. The fourth-order valence-corrected chi connectivity index (χ4v) is 6.44. The fourth-order valence-electron chi connectivity index (χ4n) is 6.44. The maximum absolute atomic E-state index is 12.0. The summed E-state index contributed by atoms with van der Waals surface area (Å²) in [6, 6.07) is 0.535. The van der Waals surface area contributed by atoms with Crippen molar-refractivity contribution >= 4 is 6.09 Å². The lowest BCUT2D eigenvalue weighted by Crippen LogP contribution is -2.58. The van der Waals surface area contributed by atoms with Gasteiger partial charge in [0, 0.05) is 32.7 Å². The van der Waals surface area contributed by atoms with E-state index in [9.17, 15) is 4.79 Å². The molecule has 1 fully saturated rings. The Balaban J connectivity index is -0.000000603. The third kappa shape index (κ3) is 27.6. The Kier molecular flexibility index (Phi) is 40.8. The van der Waals surface area contributed by atoms with Crippen molar-refractivity contribution in [1.82, 2.24) is 20.0 Å². The number of nitrogens with zero attached hydrogens (tertiary/aromatic N) is 3. The number of alkyl carbamates (subject to hydrolysis) is 1. The lowest BCUT2D eigenvalue weighted by atomic mass is 9.69. The monoisotopic (exact) mass is 736 g/mol. The third-order valence-electron chi connectivity index (χ3n) is 9.25. The first-order valence-corrected chi connectivity index (χ1v) is 21.0. The smallest absolute Gasteiger partial charge is 0.407 e. The van der Waals surface area contributed by atoms with Crippen LogP contribution in [0.3, 0.4) is 0 Å². The summed E-state index contributed by atoms with van der Waals surface area (Å²) in [5.74, 6) is 1.35. The number of allylic oxidation sites excluding steroid dienone is 7. The fraction of sp³-hybridized carbons (Fsp3) is 0.800. The molecule has 5 atom stereocenters. The van der Waals surface area contributed by atoms with Crippen molar-refractivity contribution in [2.75, 3.05) is 60.9 Å². The summed E-state index contributed by atoms with van der Waals surface area (Å²) in [6.45, 7) is 35.4. The topological polar surface area (TPSA) is 74.1 Å². The maximum atomic E-state index is 12.0. The molecule has 1 amide bonds. The van der Waals surface area contributed by atoms with Gasteiger partial charge in [-0.15, -0.1) is 0 Å². The van der Waals surface area contributed by atoms with Crippen LogP contribution in [0.1, 0.15) is 142 Å². The van der Waals surface area contributed by atoms with E-state index in [1.54, 1.807) is 7.05 Å². The van der Waals surface area contributed by atoms with Gasteiger partial charge in [-0.05, 0) is 125 Å². The van der Waals surface area contributed by atoms with Gasteiger partial charge < -0.3 is 25.6 Å². The lowest BCUT2D eigenvalue weighted by molar-refractivity contribution is 0.0130. The Morgan fingerprint density at radius 1 is 0.962 bits per heavy atom. The minimum Gasteiger partial charge on any atom is -0.445 e. The molecule has 4 unspecified atom stereocenters. The van der Waals surface area contributed by atoms with Gasteiger partial charge in [-0.2, -0.15) is 0 Å². The second-order valence-corrected chi connectivity index (χ2v) is 14.3. The van der Waals surface area contributed by atoms with E-state index >= 15 is 0 Å². The Hall–Kier alpha value is -1.93. The maximum Gasteiger partial charge on any atom is 0.407 e. The minimum absolute atomic E-state index is 0.202. The molecule has 0 radical (unpaired) electrons. The van der Waals surface area contributed by atoms with Crippen LogP contribution < -0.4 is 11.1 Å². The highest BCUT2D eigenvalue weighted by atomic mass is 16.6. The number of hydrogen-bond donors (Lipinski definition) is 2. The number of ether oxygens (including phenoxy) is 1. The molecule has 1 aliphatic rings. The summed E-state index contributed by atoms with van der Waals surface area (Å²) in [5.41, 5.74) is 8.01. The molecule has 1 rings (SSSR count). The molecular weight excluding hydrogens is 643 g/mol. The van der Waals surface area contributed by atoms with Gasteiger partial charge in [0.2, 0.25) is 0 Å². The predicted octanol–water partition coefficient (Wildman–Crippen LogP) is 11.0. The number of rotatable bonds is 20. The third-order valence-corrected chi connectivity index (χ3v) is 9.25. The highest BCUT2D eigenvalue weighted by molar-refractivity contribution is 5.67. The Morgan fingerprint density at radius 3 is 1.98 bits per heavy atom. The van der Waals surface area contributed by atoms with E-state index in [-0.39, 0.29) is 12.0 Å². The highest BCUT2D eigenvalue weighted by Gasteiger charge is 2.42. The Morgan fingerprint density at radius 2 is 1.54 bits per heavy atom. The zero-order valence-corrected chi connectivity index (χ0v) is 38.1. The number of amides is 1. The van der Waals surface area contributed by atoms with Crippen LogP contribution in [0.25, 0.3) is 0 Å². The molecule has 3 N–H and O–H groups in total. The number of nitrogens with two attached hydrogens (primary N) is 1. The molecular formula is C45H93N5O2. The summed E-state index contributed by atoms with van der Waals surface area (Å²) < 4.78 is 5.67. The zero-order chi connectivity index (χ0) is 41.1. The predicted molar refractivity (Wildman–Crippen MR) is 235 cm³/mol. The van der Waals surface area contributed by atoms with Gasteiger partial charge in [-0.25, -0.2) is 4.79 Å². The van der Waals surface area contributed by atoms with E-state index < -0.39 is 11.6 Å². The molecule has 1 heterocycles. The van der Waals surface area contributed by atoms with E-state index in [4.69, 9.17) is 10.5 Å². The van der Waals surface area contributed by atoms with Gasteiger partial charge >= 0.3 is 6.09 Å². The van der Waals surface area contributed by atoms with E-state index in [1.165, 1.54) is 50.9 Å². The lowest BCUT2D eigenvalue weighted by Gasteiger charge is -2.45. The molecule has 0 saturated carbocycles. The first-order chi connectivity index (χ1) is 24.7. The van der Waals surface area contributed by atoms with Gasteiger partial charge in [-0.3, -0.25) is 4.90 Å². The largest absolute Gasteiger partial charge is 0.445 e. The van der Waals surface area contributed by atoms with E-state index in [0.29, 0.717) is 12.0 Å². The van der Waals surface area contributed by atoms with Crippen molar-refractivity contribution in [2.24, 2.45) is 23.5 Å². The molecule has 0 aliphatic carbocycles. The van der Waals surface area contributed by atoms with E-state index in [1.807, 2.05) is 73.7 Å². The molecule has 1 saturated heterocycles. The molecule has 0 aromatic heterocycles. The molecule has 0 bridgehead atoms. The summed E-state index contributed by atoms with van der Waals surface area (Å²) >= 11 is 0. The highest BCUT2D eigenvalue weighted by Crippen LogP contribution is 2.36. The van der Waals surface area contributed by atoms with Crippen LogP contribution in [0, 0.1) is 17.8 Å².